The van der Waals surface area contributed by atoms with Gasteiger partial charge in [-0.25, -0.2) is 4.99 Å². The maximum Gasteiger partial charge on any atom is 0.285 e. The Hall–Kier alpha value is -0.730. The van der Waals surface area contributed by atoms with E-state index in [9.17, 15) is 0 Å². The first-order valence-corrected chi connectivity index (χ1v) is 3.81. The van der Waals surface area contributed by atoms with Crippen molar-refractivity contribution in [3.63, 3.8) is 0 Å². The fraction of sp³-hybridized carbons (Fsp3) is 0.857. The summed E-state index contributed by atoms with van der Waals surface area (Å²) in [7, 11) is 0. The van der Waals surface area contributed by atoms with Crippen molar-refractivity contribution in [1.82, 2.24) is 5.32 Å². The zero-order chi connectivity index (χ0) is 7.03. The molecular weight excluding hydrogens is 128 g/mol. The van der Waals surface area contributed by atoms with Crippen LogP contribution in [0.25, 0.3) is 0 Å². The number of nitrogens with one attached hydrogen (secondary N) is 1. The van der Waals surface area contributed by atoms with Gasteiger partial charge in [0, 0.05) is 6.54 Å². The minimum Gasteiger partial charge on any atom is -0.463 e. The quantitative estimate of drug-likeness (QED) is 0.576. The van der Waals surface area contributed by atoms with Gasteiger partial charge in [0.15, 0.2) is 0 Å². The molecule has 1 saturated carbocycles. The van der Waals surface area contributed by atoms with Gasteiger partial charge in [0.2, 0.25) is 0 Å². The Balaban J connectivity index is 1.98. The van der Waals surface area contributed by atoms with Crippen LogP contribution in [-0.4, -0.2) is 24.7 Å². The lowest BCUT2D eigenvalue weighted by atomic mass is 10.3. The van der Waals surface area contributed by atoms with Crippen molar-refractivity contribution in [1.29, 1.82) is 0 Å². The molecule has 1 heterocycles. The monoisotopic (exact) mass is 140 g/mol. The zero-order valence-corrected chi connectivity index (χ0v) is 6.18. The van der Waals surface area contributed by atoms with Crippen LogP contribution < -0.4 is 5.32 Å². The van der Waals surface area contributed by atoms with E-state index in [0.717, 1.165) is 19.2 Å². The molecule has 3 nitrogen and oxygen atoms in total. The van der Waals surface area contributed by atoms with Gasteiger partial charge < -0.3 is 10.1 Å². The van der Waals surface area contributed by atoms with Crippen molar-refractivity contribution >= 4 is 6.02 Å². The van der Waals surface area contributed by atoms with E-state index in [1.54, 1.807) is 0 Å². The number of nitrogens with zero attached hydrogens (tertiary/aromatic N) is 1. The summed E-state index contributed by atoms with van der Waals surface area (Å²) in [5.74, 6) is 0. The molecule has 0 amide bonds. The molecule has 0 saturated heterocycles. The van der Waals surface area contributed by atoms with E-state index < -0.39 is 0 Å². The van der Waals surface area contributed by atoms with Gasteiger partial charge in [0.05, 0.1) is 0 Å². The maximum atomic E-state index is 5.31. The lowest BCUT2D eigenvalue weighted by Crippen LogP contribution is -2.22. The van der Waals surface area contributed by atoms with E-state index >= 15 is 0 Å². The smallest absolute Gasteiger partial charge is 0.285 e. The van der Waals surface area contributed by atoms with Crippen LogP contribution in [0.2, 0.25) is 0 Å². The summed E-state index contributed by atoms with van der Waals surface area (Å²) in [6.07, 6.45) is 2.42. The highest BCUT2D eigenvalue weighted by Crippen LogP contribution is 2.42. The predicted octanol–water partition coefficient (Wildman–Crippen LogP) is 0.515. The number of rotatable bonds is 1. The zero-order valence-electron chi connectivity index (χ0n) is 6.18. The molecule has 0 aromatic carbocycles. The number of hydrogen-bond donors (Lipinski definition) is 1. The van der Waals surface area contributed by atoms with E-state index in [4.69, 9.17) is 4.74 Å². The van der Waals surface area contributed by atoms with Crippen LogP contribution in [0.5, 0.6) is 0 Å². The van der Waals surface area contributed by atoms with Crippen LogP contribution in [0.1, 0.15) is 19.8 Å². The van der Waals surface area contributed by atoms with Crippen molar-refractivity contribution in [3.05, 3.63) is 0 Å². The molecular formula is C7H12N2O. The molecule has 0 unspecified atom stereocenters. The minimum absolute atomic E-state index is 0.220. The van der Waals surface area contributed by atoms with Crippen LogP contribution in [0.15, 0.2) is 4.99 Å². The van der Waals surface area contributed by atoms with Crippen LogP contribution in [0.4, 0.5) is 0 Å². The molecule has 0 aromatic heterocycles. The second-order valence-corrected chi connectivity index (χ2v) is 2.96. The molecule has 3 heteroatoms. The van der Waals surface area contributed by atoms with Crippen molar-refractivity contribution in [3.8, 4) is 0 Å². The second kappa shape index (κ2) is 1.87. The molecule has 0 atom stereocenters. The van der Waals surface area contributed by atoms with Crippen LogP contribution in [-0.2, 0) is 4.74 Å². The summed E-state index contributed by atoms with van der Waals surface area (Å²) in [6.45, 7) is 3.74. The Labute approximate surface area is 60.5 Å². The van der Waals surface area contributed by atoms with Crippen molar-refractivity contribution < 1.29 is 4.74 Å². The lowest BCUT2D eigenvalue weighted by molar-refractivity contribution is 0.299. The molecule has 1 aliphatic heterocycles. The Morgan fingerprint density at radius 3 is 3.00 bits per heavy atom. The third-order valence-corrected chi connectivity index (χ3v) is 1.97. The summed E-state index contributed by atoms with van der Waals surface area (Å²) in [5, 5.41) is 3.07. The minimum atomic E-state index is 0.220. The number of aliphatic imine (C=N–C) groups is 1. The first kappa shape index (κ1) is 6.01. The van der Waals surface area contributed by atoms with E-state index in [1.165, 1.54) is 12.8 Å². The standard InChI is InChI=1S/C7H12N2O/c1-2-8-6-9-7(3-4-7)5-10-6/h2-5H2,1H3,(H,8,9). The Bertz CT molecular complexity index is 172. The van der Waals surface area contributed by atoms with Gasteiger partial charge in [-0.3, -0.25) is 0 Å². The normalized spacial score (nSPS) is 25.9. The third kappa shape index (κ3) is 0.856. The van der Waals surface area contributed by atoms with Crippen molar-refractivity contribution in [2.45, 2.75) is 25.3 Å². The SMILES string of the molecule is CCNC1=NC2(CC2)CO1. The van der Waals surface area contributed by atoms with E-state index in [-0.39, 0.29) is 5.54 Å². The molecule has 0 aromatic rings. The first-order valence-electron chi connectivity index (χ1n) is 3.81. The van der Waals surface area contributed by atoms with Crippen LogP contribution in [0, 0.1) is 0 Å². The van der Waals surface area contributed by atoms with E-state index in [2.05, 4.69) is 10.3 Å². The van der Waals surface area contributed by atoms with Gasteiger partial charge in [-0.1, -0.05) is 0 Å². The van der Waals surface area contributed by atoms with Crippen molar-refractivity contribution in [2.75, 3.05) is 13.2 Å². The average Bonchev–Trinajstić information content (AvgIpc) is 2.52. The van der Waals surface area contributed by atoms with Crippen LogP contribution >= 0.6 is 0 Å². The molecule has 1 fully saturated rings. The fourth-order valence-electron chi connectivity index (χ4n) is 1.12. The maximum absolute atomic E-state index is 5.31. The van der Waals surface area contributed by atoms with Gasteiger partial charge in [-0.05, 0) is 19.8 Å². The topological polar surface area (TPSA) is 33.6 Å². The highest BCUT2D eigenvalue weighted by molar-refractivity contribution is 5.76. The van der Waals surface area contributed by atoms with Crippen LogP contribution in [0.3, 0.4) is 0 Å². The highest BCUT2D eigenvalue weighted by Gasteiger charge is 2.47. The molecule has 56 valence electrons. The Morgan fingerprint density at radius 2 is 2.50 bits per heavy atom. The molecule has 1 spiro atoms. The average molecular weight is 140 g/mol. The molecule has 10 heavy (non-hydrogen) atoms. The predicted molar refractivity (Wildman–Crippen MR) is 39.0 cm³/mol. The summed E-state index contributed by atoms with van der Waals surface area (Å²) in [5.41, 5.74) is 0.220. The first-order chi connectivity index (χ1) is 4.85. The molecule has 1 N–H and O–H groups in total. The molecule has 0 bridgehead atoms. The van der Waals surface area contributed by atoms with Gasteiger partial charge in [-0.2, -0.15) is 0 Å². The van der Waals surface area contributed by atoms with Gasteiger partial charge >= 0.3 is 0 Å². The number of hydrogen-bond acceptors (Lipinski definition) is 3. The van der Waals surface area contributed by atoms with Gasteiger partial charge in [-0.15, -0.1) is 0 Å². The Morgan fingerprint density at radius 1 is 1.70 bits per heavy atom. The van der Waals surface area contributed by atoms with Gasteiger partial charge in [0.25, 0.3) is 6.02 Å². The fourth-order valence-corrected chi connectivity index (χ4v) is 1.12. The summed E-state index contributed by atoms with van der Waals surface area (Å²) in [4.78, 5) is 4.40. The number of amidine groups is 1. The highest BCUT2D eigenvalue weighted by atomic mass is 16.5. The largest absolute Gasteiger partial charge is 0.463 e. The molecule has 2 aliphatic rings. The summed E-state index contributed by atoms with van der Waals surface area (Å²) < 4.78 is 5.31. The van der Waals surface area contributed by atoms with E-state index in [1.807, 2.05) is 6.92 Å². The summed E-state index contributed by atoms with van der Waals surface area (Å²) >= 11 is 0. The summed E-state index contributed by atoms with van der Waals surface area (Å²) in [6, 6.07) is 0.750. The molecule has 0 radical (unpaired) electrons. The third-order valence-electron chi connectivity index (χ3n) is 1.97. The Kier molecular flexibility index (Phi) is 1.13. The lowest BCUT2D eigenvalue weighted by Gasteiger charge is -1.99. The molecule has 2 rings (SSSR count). The second-order valence-electron chi connectivity index (χ2n) is 2.96. The molecule has 1 aliphatic carbocycles. The van der Waals surface area contributed by atoms with Crippen molar-refractivity contribution in [2.24, 2.45) is 4.99 Å². The number of ether oxygens (including phenoxy) is 1. The van der Waals surface area contributed by atoms with Gasteiger partial charge in [0.1, 0.15) is 12.1 Å². The van der Waals surface area contributed by atoms with E-state index in [0.29, 0.717) is 0 Å².